The molecule has 1 N–H and O–H groups in total. The lowest BCUT2D eigenvalue weighted by molar-refractivity contribution is 0.290. The van der Waals surface area contributed by atoms with E-state index in [4.69, 9.17) is 4.74 Å². The average Bonchev–Trinajstić information content (AvgIpc) is 3.09. The molecule has 0 aliphatic heterocycles. The van der Waals surface area contributed by atoms with Crippen LogP contribution in [0.5, 0.6) is 5.88 Å². The lowest BCUT2D eigenvalue weighted by Crippen LogP contribution is -2.35. The summed E-state index contributed by atoms with van der Waals surface area (Å²) < 4.78 is 5.77. The Kier molecular flexibility index (Phi) is 4.46. The molecule has 0 radical (unpaired) electrons. The highest BCUT2D eigenvalue weighted by Crippen LogP contribution is 2.32. The summed E-state index contributed by atoms with van der Waals surface area (Å²) in [7, 11) is 0. The van der Waals surface area contributed by atoms with Crippen LogP contribution >= 0.6 is 0 Å². The first-order valence-corrected chi connectivity index (χ1v) is 7.28. The van der Waals surface area contributed by atoms with Gasteiger partial charge in [-0.2, -0.15) is 0 Å². The van der Waals surface area contributed by atoms with Crippen molar-refractivity contribution in [3.8, 4) is 5.88 Å². The van der Waals surface area contributed by atoms with Crippen molar-refractivity contribution in [3.05, 3.63) is 23.4 Å². The molecule has 19 heavy (non-hydrogen) atoms. The monoisotopic (exact) mass is 262 g/mol. The minimum Gasteiger partial charge on any atom is -0.478 e. The smallest absolute Gasteiger partial charge is 0.213 e. The molecular weight excluding hydrogens is 236 g/mol. The van der Waals surface area contributed by atoms with E-state index in [0.29, 0.717) is 0 Å². The molecule has 0 unspecified atom stereocenters. The van der Waals surface area contributed by atoms with E-state index in [1.807, 2.05) is 6.92 Å². The fourth-order valence-electron chi connectivity index (χ4n) is 1.99. The van der Waals surface area contributed by atoms with Crippen molar-refractivity contribution in [1.82, 2.24) is 10.3 Å². The third-order valence-electron chi connectivity index (χ3n) is 3.29. The van der Waals surface area contributed by atoms with Crippen molar-refractivity contribution >= 4 is 0 Å². The van der Waals surface area contributed by atoms with Crippen LogP contribution in [0.1, 0.15) is 51.3 Å². The van der Waals surface area contributed by atoms with Crippen LogP contribution in [0.15, 0.2) is 12.1 Å². The van der Waals surface area contributed by atoms with E-state index >= 15 is 0 Å². The van der Waals surface area contributed by atoms with Gasteiger partial charge in [-0.25, -0.2) is 4.98 Å². The van der Waals surface area contributed by atoms with Crippen LogP contribution in [0.3, 0.4) is 0 Å². The highest BCUT2D eigenvalue weighted by Gasteiger charge is 2.20. The number of pyridine rings is 1. The molecule has 0 bridgehead atoms. The van der Waals surface area contributed by atoms with Gasteiger partial charge < -0.3 is 10.1 Å². The quantitative estimate of drug-likeness (QED) is 0.852. The number of aromatic nitrogens is 1. The predicted octanol–water partition coefficient (Wildman–Crippen LogP) is 3.46. The maximum atomic E-state index is 5.77. The average molecular weight is 262 g/mol. The van der Waals surface area contributed by atoms with Gasteiger partial charge in [-0.1, -0.05) is 12.8 Å². The Bertz CT molecular complexity index is 419. The molecule has 2 rings (SSSR count). The van der Waals surface area contributed by atoms with E-state index in [1.54, 1.807) is 0 Å². The standard InChI is InChI=1S/C16H26N2O/c1-12-9-14(11-17-16(2,3)4)10-15(18-12)19-8-7-13-5-6-13/h9-10,13,17H,5-8,11H2,1-4H3. The second-order valence-corrected chi connectivity index (χ2v) is 6.64. The van der Waals surface area contributed by atoms with Crippen LogP contribution in [0.25, 0.3) is 0 Å². The van der Waals surface area contributed by atoms with Crippen LogP contribution in [0.2, 0.25) is 0 Å². The van der Waals surface area contributed by atoms with Gasteiger partial charge in [-0.15, -0.1) is 0 Å². The van der Waals surface area contributed by atoms with Crippen molar-refractivity contribution in [2.45, 2.75) is 59.0 Å². The Balaban J connectivity index is 1.89. The number of hydrogen-bond acceptors (Lipinski definition) is 3. The number of rotatable bonds is 6. The third kappa shape index (κ3) is 5.60. The van der Waals surface area contributed by atoms with Gasteiger partial charge in [-0.3, -0.25) is 0 Å². The van der Waals surface area contributed by atoms with Gasteiger partial charge in [0.2, 0.25) is 5.88 Å². The number of aryl methyl sites for hydroxylation is 1. The fourth-order valence-corrected chi connectivity index (χ4v) is 1.99. The van der Waals surface area contributed by atoms with Gasteiger partial charge in [0.05, 0.1) is 6.61 Å². The summed E-state index contributed by atoms with van der Waals surface area (Å²) in [4.78, 5) is 4.45. The van der Waals surface area contributed by atoms with Crippen molar-refractivity contribution in [2.24, 2.45) is 5.92 Å². The van der Waals surface area contributed by atoms with Gasteiger partial charge in [0.1, 0.15) is 0 Å². The Morgan fingerprint density at radius 2 is 2.05 bits per heavy atom. The van der Waals surface area contributed by atoms with Gasteiger partial charge >= 0.3 is 0 Å². The van der Waals surface area contributed by atoms with Crippen LogP contribution < -0.4 is 10.1 Å². The van der Waals surface area contributed by atoms with Crippen LogP contribution in [-0.4, -0.2) is 17.1 Å². The first-order valence-electron chi connectivity index (χ1n) is 7.28. The molecule has 106 valence electrons. The number of hydrogen-bond donors (Lipinski definition) is 1. The summed E-state index contributed by atoms with van der Waals surface area (Å²) in [6.45, 7) is 10.2. The first kappa shape index (κ1) is 14.3. The normalized spacial score (nSPS) is 15.6. The summed E-state index contributed by atoms with van der Waals surface area (Å²) in [5, 5.41) is 3.49. The van der Waals surface area contributed by atoms with E-state index in [0.717, 1.165) is 30.6 Å². The summed E-state index contributed by atoms with van der Waals surface area (Å²) in [6.07, 6.45) is 3.93. The molecule has 0 amide bonds. The molecule has 1 saturated carbocycles. The Labute approximate surface area is 116 Å². The molecule has 1 aromatic rings. The molecule has 0 aromatic carbocycles. The number of nitrogens with zero attached hydrogens (tertiary/aromatic N) is 1. The van der Waals surface area contributed by atoms with Gasteiger partial charge in [0, 0.05) is 23.8 Å². The van der Waals surface area contributed by atoms with E-state index in [1.165, 1.54) is 24.8 Å². The van der Waals surface area contributed by atoms with Crippen molar-refractivity contribution in [3.63, 3.8) is 0 Å². The summed E-state index contributed by atoms with van der Waals surface area (Å²) >= 11 is 0. The van der Waals surface area contributed by atoms with E-state index in [9.17, 15) is 0 Å². The maximum absolute atomic E-state index is 5.77. The third-order valence-corrected chi connectivity index (χ3v) is 3.29. The minimum absolute atomic E-state index is 0.129. The summed E-state index contributed by atoms with van der Waals surface area (Å²) in [5.74, 6) is 1.68. The van der Waals surface area contributed by atoms with Crippen LogP contribution in [0.4, 0.5) is 0 Å². The number of nitrogens with one attached hydrogen (secondary N) is 1. The largest absolute Gasteiger partial charge is 0.478 e. The second kappa shape index (κ2) is 5.91. The molecule has 3 heteroatoms. The zero-order valence-electron chi connectivity index (χ0n) is 12.6. The molecule has 1 aliphatic rings. The molecule has 0 spiro atoms. The molecule has 1 heterocycles. The number of ether oxygens (including phenoxy) is 1. The van der Waals surface area contributed by atoms with Crippen LogP contribution in [0, 0.1) is 12.8 Å². The minimum atomic E-state index is 0.129. The van der Waals surface area contributed by atoms with Gasteiger partial charge in [0.15, 0.2) is 0 Å². The topological polar surface area (TPSA) is 34.1 Å². The molecule has 3 nitrogen and oxygen atoms in total. The molecular formula is C16H26N2O. The predicted molar refractivity (Wildman–Crippen MR) is 78.4 cm³/mol. The molecule has 0 atom stereocenters. The van der Waals surface area contributed by atoms with Crippen molar-refractivity contribution in [1.29, 1.82) is 0 Å². The van der Waals surface area contributed by atoms with Gasteiger partial charge in [0.25, 0.3) is 0 Å². The first-order chi connectivity index (χ1) is 8.92. The van der Waals surface area contributed by atoms with E-state index in [2.05, 4.69) is 43.2 Å². The maximum Gasteiger partial charge on any atom is 0.213 e. The SMILES string of the molecule is Cc1cc(CNC(C)(C)C)cc(OCCC2CC2)n1. The van der Waals surface area contributed by atoms with Crippen molar-refractivity contribution < 1.29 is 4.74 Å². The summed E-state index contributed by atoms with van der Waals surface area (Å²) in [6, 6.07) is 4.17. The fraction of sp³-hybridized carbons (Fsp3) is 0.688. The second-order valence-electron chi connectivity index (χ2n) is 6.64. The zero-order valence-corrected chi connectivity index (χ0v) is 12.6. The highest BCUT2D eigenvalue weighted by atomic mass is 16.5. The Hall–Kier alpha value is -1.09. The highest BCUT2D eigenvalue weighted by molar-refractivity contribution is 5.24. The Morgan fingerprint density at radius 3 is 2.68 bits per heavy atom. The molecule has 1 aromatic heterocycles. The van der Waals surface area contributed by atoms with Crippen molar-refractivity contribution in [2.75, 3.05) is 6.61 Å². The lowest BCUT2D eigenvalue weighted by atomic mass is 10.1. The van der Waals surface area contributed by atoms with E-state index in [-0.39, 0.29) is 5.54 Å². The zero-order chi connectivity index (χ0) is 13.9. The molecule has 1 aliphatic carbocycles. The summed E-state index contributed by atoms with van der Waals surface area (Å²) in [5.41, 5.74) is 2.39. The van der Waals surface area contributed by atoms with Gasteiger partial charge in [-0.05, 0) is 51.7 Å². The molecule has 1 fully saturated rings. The molecule has 0 saturated heterocycles. The van der Waals surface area contributed by atoms with Crippen LogP contribution in [-0.2, 0) is 6.54 Å². The Morgan fingerprint density at radius 1 is 1.32 bits per heavy atom. The van der Waals surface area contributed by atoms with E-state index < -0.39 is 0 Å². The lowest BCUT2D eigenvalue weighted by Gasteiger charge is -2.20.